The Labute approximate surface area is 192 Å². The molecule has 0 radical (unpaired) electrons. The fourth-order valence-electron chi connectivity index (χ4n) is 2.59. The highest BCUT2D eigenvalue weighted by molar-refractivity contribution is 6.30. The monoisotopic (exact) mass is 465 g/mol. The molecule has 33 heavy (non-hydrogen) atoms. The van der Waals surface area contributed by atoms with Gasteiger partial charge >= 0.3 is 5.97 Å². The first kappa shape index (κ1) is 23.2. The molecule has 0 aliphatic carbocycles. The molecule has 0 aliphatic rings. The van der Waals surface area contributed by atoms with Crippen LogP contribution in [0.1, 0.15) is 26.3 Å². The Morgan fingerprint density at radius 3 is 2.18 bits per heavy atom. The lowest BCUT2D eigenvalue weighted by atomic mass is 10.2. The van der Waals surface area contributed by atoms with Gasteiger partial charge in [0, 0.05) is 34.4 Å². The number of esters is 1. The number of amides is 2. The SMILES string of the molecule is O=C(/C=C/c1ccccc1OC(=O)c1ccc(Cl)cc1)NNC(=O)c1ccc([N+](=O)[O-])cc1. The number of hydrogen-bond acceptors (Lipinski definition) is 6. The molecule has 3 aromatic rings. The first-order valence-electron chi connectivity index (χ1n) is 9.43. The minimum absolute atomic E-state index is 0.129. The number of rotatable bonds is 6. The highest BCUT2D eigenvalue weighted by atomic mass is 35.5. The van der Waals surface area contributed by atoms with Gasteiger partial charge in [-0.1, -0.05) is 29.8 Å². The number of carbonyl (C=O) groups is 3. The Balaban J connectivity index is 1.59. The van der Waals surface area contributed by atoms with E-state index in [2.05, 4.69) is 10.9 Å². The average Bonchev–Trinajstić information content (AvgIpc) is 2.82. The number of ether oxygens (including phenoxy) is 1. The number of hydrazine groups is 1. The van der Waals surface area contributed by atoms with Crippen LogP contribution < -0.4 is 15.6 Å². The fraction of sp³-hybridized carbons (Fsp3) is 0. The molecule has 0 heterocycles. The smallest absolute Gasteiger partial charge is 0.343 e. The molecule has 3 rings (SSSR count). The molecule has 0 saturated carbocycles. The molecule has 0 aromatic heterocycles. The molecule has 2 N–H and O–H groups in total. The van der Waals surface area contributed by atoms with Crippen molar-refractivity contribution in [1.82, 2.24) is 10.9 Å². The number of para-hydroxylation sites is 1. The van der Waals surface area contributed by atoms with E-state index in [0.29, 0.717) is 16.1 Å². The zero-order chi connectivity index (χ0) is 23.8. The van der Waals surface area contributed by atoms with Gasteiger partial charge in [-0.3, -0.25) is 30.6 Å². The van der Waals surface area contributed by atoms with E-state index in [4.69, 9.17) is 16.3 Å². The van der Waals surface area contributed by atoms with Crippen molar-refractivity contribution < 1.29 is 24.0 Å². The number of benzene rings is 3. The van der Waals surface area contributed by atoms with Crippen LogP contribution >= 0.6 is 11.6 Å². The van der Waals surface area contributed by atoms with Crippen LogP contribution in [-0.2, 0) is 4.79 Å². The summed E-state index contributed by atoms with van der Waals surface area (Å²) < 4.78 is 5.40. The molecule has 0 aliphatic heterocycles. The second-order valence-corrected chi connectivity index (χ2v) is 6.95. The predicted octanol–water partition coefficient (Wildman–Crippen LogP) is 3.94. The van der Waals surface area contributed by atoms with Crippen molar-refractivity contribution >= 4 is 41.1 Å². The van der Waals surface area contributed by atoms with Crippen LogP contribution in [0.5, 0.6) is 5.75 Å². The molecular weight excluding hydrogens is 450 g/mol. The number of nitrogens with one attached hydrogen (secondary N) is 2. The van der Waals surface area contributed by atoms with Crippen molar-refractivity contribution in [2.75, 3.05) is 0 Å². The van der Waals surface area contributed by atoms with E-state index < -0.39 is 22.7 Å². The molecule has 0 spiro atoms. The molecule has 9 nitrogen and oxygen atoms in total. The van der Waals surface area contributed by atoms with Gasteiger partial charge in [0.2, 0.25) is 0 Å². The lowest BCUT2D eigenvalue weighted by Gasteiger charge is -2.08. The molecule has 2 amide bonds. The number of nitro groups is 1. The summed E-state index contributed by atoms with van der Waals surface area (Å²) in [6.07, 6.45) is 2.56. The van der Waals surface area contributed by atoms with E-state index in [1.165, 1.54) is 42.5 Å². The van der Waals surface area contributed by atoms with Gasteiger partial charge in [-0.25, -0.2) is 4.79 Å². The summed E-state index contributed by atoms with van der Waals surface area (Å²) in [5.74, 6) is -1.66. The standard InChI is InChI=1S/C23H16ClN3O6/c24-18-10-5-17(6-11-18)23(30)33-20-4-2-1-3-15(20)9-14-21(28)25-26-22(29)16-7-12-19(13-8-16)27(31)32/h1-14H,(H,25,28)(H,26,29)/b14-9+. The van der Waals surface area contributed by atoms with E-state index >= 15 is 0 Å². The van der Waals surface area contributed by atoms with Crippen molar-refractivity contribution in [3.05, 3.63) is 111 Å². The summed E-state index contributed by atoms with van der Waals surface area (Å²) in [5, 5.41) is 11.1. The Bertz CT molecular complexity index is 1220. The van der Waals surface area contributed by atoms with Gasteiger partial charge in [0.05, 0.1) is 10.5 Å². The Kier molecular flexibility index (Phi) is 7.51. The third-order valence-corrected chi connectivity index (χ3v) is 4.51. The average molecular weight is 466 g/mol. The van der Waals surface area contributed by atoms with Gasteiger partial charge < -0.3 is 4.74 Å². The minimum Gasteiger partial charge on any atom is -0.422 e. The van der Waals surface area contributed by atoms with Gasteiger partial charge in [-0.15, -0.1) is 0 Å². The predicted molar refractivity (Wildman–Crippen MR) is 121 cm³/mol. The number of non-ortho nitro benzene ring substituents is 1. The lowest BCUT2D eigenvalue weighted by Crippen LogP contribution is -2.40. The number of hydrogen-bond donors (Lipinski definition) is 2. The maximum Gasteiger partial charge on any atom is 0.343 e. The number of nitrogens with zero attached hydrogens (tertiary/aromatic N) is 1. The van der Waals surface area contributed by atoms with Gasteiger partial charge in [0.25, 0.3) is 17.5 Å². The second-order valence-electron chi connectivity index (χ2n) is 6.51. The molecule has 0 bridgehead atoms. The first-order chi connectivity index (χ1) is 15.8. The van der Waals surface area contributed by atoms with Gasteiger partial charge in [0.15, 0.2) is 0 Å². The van der Waals surface area contributed by atoms with Crippen LogP contribution in [0.3, 0.4) is 0 Å². The van der Waals surface area contributed by atoms with Crippen LogP contribution in [0.4, 0.5) is 5.69 Å². The van der Waals surface area contributed by atoms with Crippen LogP contribution in [0.15, 0.2) is 78.9 Å². The maximum atomic E-state index is 12.3. The van der Waals surface area contributed by atoms with Crippen molar-refractivity contribution in [2.45, 2.75) is 0 Å². The third kappa shape index (κ3) is 6.49. The lowest BCUT2D eigenvalue weighted by molar-refractivity contribution is -0.384. The number of carbonyl (C=O) groups excluding carboxylic acids is 3. The molecule has 166 valence electrons. The summed E-state index contributed by atoms with van der Waals surface area (Å²) in [7, 11) is 0. The van der Waals surface area contributed by atoms with Crippen LogP contribution in [0.2, 0.25) is 5.02 Å². The number of halogens is 1. The summed E-state index contributed by atoms with van der Waals surface area (Å²) in [4.78, 5) is 46.5. The third-order valence-electron chi connectivity index (χ3n) is 4.26. The maximum absolute atomic E-state index is 12.3. The molecule has 0 atom stereocenters. The van der Waals surface area contributed by atoms with E-state index in [-0.39, 0.29) is 17.0 Å². The molecular formula is C23H16ClN3O6. The Morgan fingerprint density at radius 2 is 1.52 bits per heavy atom. The van der Waals surface area contributed by atoms with Crippen LogP contribution in [0.25, 0.3) is 6.08 Å². The molecule has 0 saturated heterocycles. The van der Waals surface area contributed by atoms with Gasteiger partial charge in [-0.05, 0) is 48.5 Å². The van der Waals surface area contributed by atoms with Gasteiger partial charge in [-0.2, -0.15) is 0 Å². The van der Waals surface area contributed by atoms with E-state index in [9.17, 15) is 24.5 Å². The zero-order valence-corrected chi connectivity index (χ0v) is 17.6. The highest BCUT2D eigenvalue weighted by Crippen LogP contribution is 2.21. The fourth-order valence-corrected chi connectivity index (χ4v) is 2.71. The second kappa shape index (κ2) is 10.7. The number of nitro benzene ring substituents is 1. The quantitative estimate of drug-likeness (QED) is 0.186. The highest BCUT2D eigenvalue weighted by Gasteiger charge is 2.12. The molecule has 3 aromatic carbocycles. The molecule has 0 fully saturated rings. The van der Waals surface area contributed by atoms with E-state index in [1.807, 2.05) is 0 Å². The largest absolute Gasteiger partial charge is 0.422 e. The summed E-state index contributed by atoms with van der Waals surface area (Å²) in [5.41, 5.74) is 5.14. The van der Waals surface area contributed by atoms with Crippen molar-refractivity contribution in [1.29, 1.82) is 0 Å². The Morgan fingerprint density at radius 1 is 0.879 bits per heavy atom. The molecule has 0 unspecified atom stereocenters. The van der Waals surface area contributed by atoms with Crippen LogP contribution in [-0.4, -0.2) is 22.7 Å². The van der Waals surface area contributed by atoms with E-state index in [1.54, 1.807) is 36.4 Å². The van der Waals surface area contributed by atoms with Crippen molar-refractivity contribution in [3.63, 3.8) is 0 Å². The minimum atomic E-state index is -0.649. The first-order valence-corrected chi connectivity index (χ1v) is 9.81. The van der Waals surface area contributed by atoms with Crippen LogP contribution in [0, 0.1) is 10.1 Å². The summed E-state index contributed by atoms with van der Waals surface area (Å²) in [6, 6.07) is 17.7. The van der Waals surface area contributed by atoms with E-state index in [0.717, 1.165) is 6.08 Å². The zero-order valence-electron chi connectivity index (χ0n) is 16.9. The van der Waals surface area contributed by atoms with Crippen molar-refractivity contribution in [3.8, 4) is 5.75 Å². The summed E-state index contributed by atoms with van der Waals surface area (Å²) >= 11 is 5.82. The summed E-state index contributed by atoms with van der Waals surface area (Å²) in [6.45, 7) is 0. The molecule has 10 heteroatoms. The van der Waals surface area contributed by atoms with Crippen molar-refractivity contribution in [2.24, 2.45) is 0 Å². The normalized spacial score (nSPS) is 10.5. The topological polar surface area (TPSA) is 128 Å². The van der Waals surface area contributed by atoms with Gasteiger partial charge in [0.1, 0.15) is 5.75 Å². The Hall–Kier alpha value is -4.50.